The van der Waals surface area contributed by atoms with Gasteiger partial charge in [0.15, 0.2) is 14.7 Å². The van der Waals surface area contributed by atoms with Gasteiger partial charge in [0.2, 0.25) is 0 Å². The van der Waals surface area contributed by atoms with Gasteiger partial charge in [-0.3, -0.25) is 14.1 Å². The molecule has 0 radical (unpaired) electrons. The molecule has 0 spiro atoms. The molecule has 1 nitrogen and oxygen atoms in total. The highest BCUT2D eigenvalue weighted by Gasteiger charge is 2.28. The largest absolute Gasteiger partial charge is 0.488 e. The van der Waals surface area contributed by atoms with Gasteiger partial charge < -0.3 is 4.74 Å². The molecular formula is C22H26F3OS+. The lowest BCUT2D eigenvalue weighted by molar-refractivity contribution is 0.131. The summed E-state index contributed by atoms with van der Waals surface area (Å²) in [6.07, 6.45) is 0. The number of rotatable bonds is 4. The van der Waals surface area contributed by atoms with E-state index in [1.165, 1.54) is 14.7 Å². The highest BCUT2D eigenvalue weighted by molar-refractivity contribution is 7.97. The summed E-state index contributed by atoms with van der Waals surface area (Å²) >= 11 is 0. The Kier molecular flexibility index (Phi) is 9.73. The molecule has 3 aromatic rings. The number of benzene rings is 3. The van der Waals surface area contributed by atoms with Crippen LogP contribution in [0.5, 0.6) is 5.75 Å². The first-order chi connectivity index (χ1) is 11.5. The van der Waals surface area contributed by atoms with Crippen LogP contribution in [0.25, 0.3) is 0 Å². The van der Waals surface area contributed by atoms with E-state index in [1.54, 1.807) is 0 Å². The fourth-order valence-electron chi connectivity index (χ4n) is 2.52. The molecule has 3 rings (SSSR count). The Hall–Kier alpha value is -2.40. The van der Waals surface area contributed by atoms with Gasteiger partial charge in [0.1, 0.15) is 11.4 Å². The zero-order valence-corrected chi connectivity index (χ0v) is 16.4. The van der Waals surface area contributed by atoms with Crippen molar-refractivity contribution in [2.24, 2.45) is 0 Å². The Bertz CT molecular complexity index is 733. The lowest BCUT2D eigenvalue weighted by atomic mass is 10.2. The van der Waals surface area contributed by atoms with Crippen molar-refractivity contribution in [3.8, 4) is 5.75 Å². The lowest BCUT2D eigenvalue weighted by Crippen LogP contribution is -2.22. The summed E-state index contributed by atoms with van der Waals surface area (Å²) in [4.78, 5) is 3.95. The topological polar surface area (TPSA) is 9.23 Å². The van der Waals surface area contributed by atoms with Crippen molar-refractivity contribution in [2.75, 3.05) is 0 Å². The summed E-state index contributed by atoms with van der Waals surface area (Å²) in [6, 6.07) is 29.9. The van der Waals surface area contributed by atoms with E-state index in [0.717, 1.165) is 5.75 Å². The van der Waals surface area contributed by atoms with E-state index in [9.17, 15) is 0 Å². The maximum Gasteiger partial charge on any atom is 0.166 e. The minimum Gasteiger partial charge on any atom is -0.488 e. The minimum absolute atomic E-state index is 0. The van der Waals surface area contributed by atoms with E-state index < -0.39 is 0 Å². The zero-order chi connectivity index (χ0) is 17.0. The first-order valence-electron chi connectivity index (χ1n) is 8.16. The predicted molar refractivity (Wildman–Crippen MR) is 109 cm³/mol. The average molecular weight is 396 g/mol. The van der Waals surface area contributed by atoms with Gasteiger partial charge in [0.25, 0.3) is 0 Å². The van der Waals surface area contributed by atoms with Crippen LogP contribution in [0.4, 0.5) is 14.1 Å². The van der Waals surface area contributed by atoms with Crippen molar-refractivity contribution < 1.29 is 18.9 Å². The number of hydrogen-bond acceptors (Lipinski definition) is 1. The van der Waals surface area contributed by atoms with Crippen molar-refractivity contribution in [1.29, 1.82) is 0 Å². The molecule has 3 aromatic carbocycles. The summed E-state index contributed by atoms with van der Waals surface area (Å²) in [5.74, 6) is 0.913. The van der Waals surface area contributed by atoms with E-state index in [-0.39, 0.29) is 30.6 Å². The van der Waals surface area contributed by atoms with Crippen molar-refractivity contribution >= 4 is 10.9 Å². The second-order valence-electron chi connectivity index (χ2n) is 6.62. The van der Waals surface area contributed by atoms with E-state index in [0.29, 0.717) is 0 Å². The third-order valence-electron chi connectivity index (χ3n) is 3.44. The first kappa shape index (κ1) is 24.6. The Morgan fingerprint density at radius 1 is 0.556 bits per heavy atom. The molecule has 0 unspecified atom stereocenters. The standard InChI is InChI=1S/C22H23OS.3FH/c1-22(2,3)23-18-14-16-21(17-15-18)24(19-10-6-4-7-11-19)20-12-8-5-9-13-20;;;/h4-17H,1-3H3;3*1H/q+1;;;. The predicted octanol–water partition coefficient (Wildman–Crippen LogP) is 6.42. The normalized spacial score (nSPS) is 10.2. The first-order valence-corrected chi connectivity index (χ1v) is 9.39. The highest BCUT2D eigenvalue weighted by Crippen LogP contribution is 2.32. The zero-order valence-electron chi connectivity index (χ0n) is 15.6. The van der Waals surface area contributed by atoms with E-state index >= 15 is 0 Å². The van der Waals surface area contributed by atoms with Crippen molar-refractivity contribution in [3.05, 3.63) is 84.9 Å². The van der Waals surface area contributed by atoms with E-state index in [4.69, 9.17) is 4.74 Å². The van der Waals surface area contributed by atoms with Gasteiger partial charge in [-0.25, -0.2) is 0 Å². The molecule has 0 aliphatic heterocycles. The van der Waals surface area contributed by atoms with Gasteiger partial charge in [-0.05, 0) is 69.3 Å². The van der Waals surface area contributed by atoms with Crippen LogP contribution in [0.2, 0.25) is 0 Å². The Morgan fingerprint density at radius 2 is 0.926 bits per heavy atom. The molecule has 0 amide bonds. The molecule has 5 heteroatoms. The van der Waals surface area contributed by atoms with Gasteiger partial charge in [-0.1, -0.05) is 36.4 Å². The summed E-state index contributed by atoms with van der Waals surface area (Å²) in [7, 11) is -0.102. The van der Waals surface area contributed by atoms with Gasteiger partial charge in [0, 0.05) is 0 Å². The van der Waals surface area contributed by atoms with Gasteiger partial charge in [0.05, 0.1) is 10.9 Å². The molecule has 146 valence electrons. The second kappa shape index (κ2) is 10.7. The Labute approximate surface area is 161 Å². The highest BCUT2D eigenvalue weighted by atomic mass is 32.2. The molecule has 0 aliphatic rings. The third-order valence-corrected chi connectivity index (χ3v) is 5.67. The molecule has 0 saturated heterocycles. The van der Waals surface area contributed by atoms with Crippen molar-refractivity contribution in [2.45, 2.75) is 41.1 Å². The molecule has 0 aliphatic carbocycles. The van der Waals surface area contributed by atoms with Crippen LogP contribution in [0, 0.1) is 0 Å². The maximum absolute atomic E-state index is 5.95. The summed E-state index contributed by atoms with van der Waals surface area (Å²) in [6.45, 7) is 6.21. The lowest BCUT2D eigenvalue weighted by Gasteiger charge is -2.21. The smallest absolute Gasteiger partial charge is 0.166 e. The Morgan fingerprint density at radius 3 is 1.30 bits per heavy atom. The quantitative estimate of drug-likeness (QED) is 0.463. The second-order valence-corrected chi connectivity index (χ2v) is 8.64. The number of ether oxygens (including phenoxy) is 1. The minimum atomic E-state index is -0.179. The fraction of sp³-hybridized carbons (Fsp3) is 0.182. The number of halogens is 3. The van der Waals surface area contributed by atoms with Gasteiger partial charge in [-0.15, -0.1) is 0 Å². The number of hydrogen-bond donors (Lipinski definition) is 0. The average Bonchev–Trinajstić information content (AvgIpc) is 2.57. The van der Waals surface area contributed by atoms with Crippen LogP contribution in [0.15, 0.2) is 99.6 Å². The van der Waals surface area contributed by atoms with Crippen LogP contribution in [0.3, 0.4) is 0 Å². The van der Waals surface area contributed by atoms with Crippen LogP contribution < -0.4 is 4.74 Å². The summed E-state index contributed by atoms with van der Waals surface area (Å²) in [5, 5.41) is 0. The van der Waals surface area contributed by atoms with Crippen LogP contribution in [0.1, 0.15) is 20.8 Å². The van der Waals surface area contributed by atoms with Crippen molar-refractivity contribution in [3.63, 3.8) is 0 Å². The molecule has 0 saturated carbocycles. The van der Waals surface area contributed by atoms with E-state index in [1.807, 2.05) is 0 Å². The van der Waals surface area contributed by atoms with Crippen molar-refractivity contribution in [1.82, 2.24) is 0 Å². The summed E-state index contributed by atoms with van der Waals surface area (Å²) < 4.78 is 5.95. The Balaban J connectivity index is 0.00000225. The fourth-order valence-corrected chi connectivity index (χ4v) is 4.60. The molecule has 27 heavy (non-hydrogen) atoms. The SMILES string of the molecule is CC(C)(C)Oc1ccc([S+](c2ccccc2)c2ccccc2)cc1.F.F.F. The molecule has 0 heterocycles. The molecule has 0 N–H and O–H groups in total. The van der Waals surface area contributed by atoms with Gasteiger partial charge in [-0.2, -0.15) is 0 Å². The summed E-state index contributed by atoms with van der Waals surface area (Å²) in [5.41, 5.74) is -0.179. The third kappa shape index (κ3) is 6.68. The van der Waals surface area contributed by atoms with Crippen LogP contribution >= 0.6 is 0 Å². The monoisotopic (exact) mass is 395 g/mol. The van der Waals surface area contributed by atoms with Crippen LogP contribution in [-0.4, -0.2) is 5.60 Å². The maximum atomic E-state index is 5.95. The molecule has 0 aromatic heterocycles. The molecule has 0 bridgehead atoms. The van der Waals surface area contributed by atoms with Crippen LogP contribution in [-0.2, 0) is 10.9 Å². The molecular weight excluding hydrogens is 369 g/mol. The van der Waals surface area contributed by atoms with E-state index in [2.05, 4.69) is 106 Å². The molecule has 0 atom stereocenters. The molecule has 0 fully saturated rings. The van der Waals surface area contributed by atoms with Gasteiger partial charge >= 0.3 is 0 Å².